The molecule has 2 heteroatoms. The van der Waals surface area contributed by atoms with Crippen LogP contribution < -0.4 is 0 Å². The Bertz CT molecular complexity index is 209. The van der Waals surface area contributed by atoms with Crippen molar-refractivity contribution in [3.8, 4) is 12.3 Å². The van der Waals surface area contributed by atoms with Crippen LogP contribution in [0.3, 0.4) is 0 Å². The maximum Gasteiger partial charge on any atom is 0.231 e. The first-order chi connectivity index (χ1) is 4.24. The minimum Gasteiger partial charge on any atom is -0.321 e. The summed E-state index contributed by atoms with van der Waals surface area (Å²) in [5.41, 5.74) is 0.766. The Morgan fingerprint density at radius 1 is 1.89 bits per heavy atom. The number of nitrogens with zero attached hydrogens (tertiary/aromatic N) is 1. The molecule has 0 aliphatic carbocycles. The van der Waals surface area contributed by atoms with Crippen LogP contribution in [0.25, 0.3) is 0 Å². The zero-order chi connectivity index (χ0) is 6.85. The van der Waals surface area contributed by atoms with Crippen molar-refractivity contribution in [3.05, 3.63) is 11.8 Å². The van der Waals surface area contributed by atoms with E-state index in [4.69, 9.17) is 6.42 Å². The van der Waals surface area contributed by atoms with Gasteiger partial charge in [0.2, 0.25) is 5.91 Å². The number of carbonyl (C=O) groups is 1. The molecule has 0 aromatic heterocycles. The Labute approximate surface area is 54.2 Å². The molecule has 9 heavy (non-hydrogen) atoms. The smallest absolute Gasteiger partial charge is 0.231 e. The van der Waals surface area contributed by atoms with Crippen LogP contribution in [0.1, 0.15) is 6.42 Å². The van der Waals surface area contributed by atoms with Crippen molar-refractivity contribution in [1.29, 1.82) is 0 Å². The van der Waals surface area contributed by atoms with Crippen LogP contribution in [-0.4, -0.2) is 17.9 Å². The number of rotatable bonds is 0. The molecule has 2 nitrogen and oxygen atoms in total. The average Bonchev–Trinajstić information content (AvgIpc) is 2.13. The van der Waals surface area contributed by atoms with Crippen molar-refractivity contribution < 1.29 is 4.79 Å². The van der Waals surface area contributed by atoms with Crippen LogP contribution >= 0.6 is 0 Å². The second kappa shape index (κ2) is 1.94. The van der Waals surface area contributed by atoms with E-state index in [1.807, 2.05) is 0 Å². The SMILES string of the molecule is C#CC1=CN(C)C(=O)C1. The molecule has 1 aliphatic heterocycles. The van der Waals surface area contributed by atoms with Crippen molar-refractivity contribution in [3.63, 3.8) is 0 Å². The minimum absolute atomic E-state index is 0.0722. The van der Waals surface area contributed by atoms with Gasteiger partial charge in [-0.15, -0.1) is 6.42 Å². The zero-order valence-corrected chi connectivity index (χ0v) is 5.22. The van der Waals surface area contributed by atoms with E-state index in [0.717, 1.165) is 5.57 Å². The molecule has 0 saturated carbocycles. The number of hydrogen-bond donors (Lipinski definition) is 0. The first-order valence-corrected chi connectivity index (χ1v) is 2.67. The maximum absolute atomic E-state index is 10.7. The molecule has 0 N–H and O–H groups in total. The second-order valence-electron chi connectivity index (χ2n) is 1.98. The molecule has 1 rings (SSSR count). The first-order valence-electron chi connectivity index (χ1n) is 2.67. The molecule has 0 spiro atoms. The van der Waals surface area contributed by atoms with E-state index in [1.165, 1.54) is 4.90 Å². The van der Waals surface area contributed by atoms with E-state index in [-0.39, 0.29) is 5.91 Å². The molecule has 1 aliphatic rings. The highest BCUT2D eigenvalue weighted by molar-refractivity contribution is 5.83. The summed E-state index contributed by atoms with van der Waals surface area (Å²) in [5, 5.41) is 0. The van der Waals surface area contributed by atoms with Crippen molar-refractivity contribution in [1.82, 2.24) is 4.90 Å². The van der Waals surface area contributed by atoms with E-state index in [1.54, 1.807) is 13.2 Å². The summed E-state index contributed by atoms with van der Waals surface area (Å²) < 4.78 is 0. The molecule has 1 amide bonds. The molecule has 0 fully saturated rings. The summed E-state index contributed by atoms with van der Waals surface area (Å²) >= 11 is 0. The Hall–Kier alpha value is -1.23. The molecule has 46 valence electrons. The number of hydrogen-bond acceptors (Lipinski definition) is 1. The van der Waals surface area contributed by atoms with Gasteiger partial charge in [0.1, 0.15) is 0 Å². The predicted octanol–water partition coefficient (Wildman–Crippen LogP) is 0.366. The highest BCUT2D eigenvalue weighted by atomic mass is 16.2. The highest BCUT2D eigenvalue weighted by Gasteiger charge is 2.15. The molecule has 0 bridgehead atoms. The number of carbonyl (C=O) groups excluding carboxylic acids is 1. The van der Waals surface area contributed by atoms with Gasteiger partial charge in [0, 0.05) is 18.8 Å². The summed E-state index contributed by atoms with van der Waals surface area (Å²) in [5.74, 6) is 2.50. The summed E-state index contributed by atoms with van der Waals surface area (Å²) in [6.45, 7) is 0. The van der Waals surface area contributed by atoms with Crippen LogP contribution in [0.4, 0.5) is 0 Å². The Morgan fingerprint density at radius 3 is 2.78 bits per heavy atom. The molecule has 0 aromatic rings. The van der Waals surface area contributed by atoms with Gasteiger partial charge in [0.15, 0.2) is 0 Å². The van der Waals surface area contributed by atoms with Gasteiger partial charge in [-0.05, 0) is 0 Å². The third-order valence-electron chi connectivity index (χ3n) is 1.27. The fraction of sp³-hybridized carbons (Fsp3) is 0.286. The van der Waals surface area contributed by atoms with Crippen molar-refractivity contribution in [2.75, 3.05) is 7.05 Å². The van der Waals surface area contributed by atoms with E-state index in [0.29, 0.717) is 6.42 Å². The Morgan fingerprint density at radius 2 is 2.56 bits per heavy atom. The average molecular weight is 121 g/mol. The summed E-state index contributed by atoms with van der Waals surface area (Å²) in [6.07, 6.45) is 7.14. The van der Waals surface area contributed by atoms with Crippen LogP contribution in [0.15, 0.2) is 11.8 Å². The van der Waals surface area contributed by atoms with Crippen molar-refractivity contribution in [2.24, 2.45) is 0 Å². The second-order valence-corrected chi connectivity index (χ2v) is 1.98. The molecule has 0 radical (unpaired) electrons. The Balaban J connectivity index is 2.77. The van der Waals surface area contributed by atoms with Crippen LogP contribution in [0.2, 0.25) is 0 Å². The third kappa shape index (κ3) is 0.945. The monoisotopic (exact) mass is 121 g/mol. The standard InChI is InChI=1S/C7H7NO/c1-3-6-4-7(9)8(2)5-6/h1,5H,4H2,2H3. The number of amides is 1. The molecular formula is C7H7NO. The van der Waals surface area contributed by atoms with Gasteiger partial charge in [0.05, 0.1) is 6.42 Å². The van der Waals surface area contributed by atoms with Gasteiger partial charge < -0.3 is 4.90 Å². The fourth-order valence-corrected chi connectivity index (χ4v) is 0.727. The highest BCUT2D eigenvalue weighted by Crippen LogP contribution is 2.11. The molecular weight excluding hydrogens is 114 g/mol. The summed E-state index contributed by atoms with van der Waals surface area (Å²) in [4.78, 5) is 12.2. The molecule has 1 heterocycles. The van der Waals surface area contributed by atoms with Crippen LogP contribution in [-0.2, 0) is 4.79 Å². The van der Waals surface area contributed by atoms with E-state index >= 15 is 0 Å². The lowest BCUT2D eigenvalue weighted by Crippen LogP contribution is -2.13. The summed E-state index contributed by atoms with van der Waals surface area (Å²) in [7, 11) is 1.70. The topological polar surface area (TPSA) is 20.3 Å². The maximum atomic E-state index is 10.7. The number of terminal acetylenes is 1. The lowest BCUT2D eigenvalue weighted by molar-refractivity contribution is -0.125. The lowest BCUT2D eigenvalue weighted by Gasteiger charge is -2.00. The van der Waals surface area contributed by atoms with Gasteiger partial charge in [-0.2, -0.15) is 0 Å². The van der Waals surface area contributed by atoms with Gasteiger partial charge in [-0.3, -0.25) is 4.79 Å². The Kier molecular flexibility index (Phi) is 1.27. The molecule has 0 atom stereocenters. The van der Waals surface area contributed by atoms with Crippen LogP contribution in [0.5, 0.6) is 0 Å². The summed E-state index contributed by atoms with van der Waals surface area (Å²) in [6, 6.07) is 0. The van der Waals surface area contributed by atoms with E-state index < -0.39 is 0 Å². The molecule has 0 aromatic carbocycles. The van der Waals surface area contributed by atoms with E-state index in [9.17, 15) is 4.79 Å². The third-order valence-corrected chi connectivity index (χ3v) is 1.27. The lowest BCUT2D eigenvalue weighted by atomic mass is 10.2. The van der Waals surface area contributed by atoms with Gasteiger partial charge in [-0.25, -0.2) is 0 Å². The quantitative estimate of drug-likeness (QED) is 0.424. The van der Waals surface area contributed by atoms with Crippen LogP contribution in [0, 0.1) is 12.3 Å². The van der Waals surface area contributed by atoms with Crippen molar-refractivity contribution >= 4 is 5.91 Å². The van der Waals surface area contributed by atoms with Gasteiger partial charge >= 0.3 is 0 Å². The normalized spacial score (nSPS) is 17.6. The molecule has 0 saturated heterocycles. The predicted molar refractivity (Wildman–Crippen MR) is 34.3 cm³/mol. The fourth-order valence-electron chi connectivity index (χ4n) is 0.727. The van der Waals surface area contributed by atoms with Crippen molar-refractivity contribution in [2.45, 2.75) is 6.42 Å². The van der Waals surface area contributed by atoms with Gasteiger partial charge in [-0.1, -0.05) is 5.92 Å². The first kappa shape index (κ1) is 5.90. The zero-order valence-electron chi connectivity index (χ0n) is 5.22. The largest absolute Gasteiger partial charge is 0.321 e. The van der Waals surface area contributed by atoms with Gasteiger partial charge in [0.25, 0.3) is 0 Å². The van der Waals surface area contributed by atoms with E-state index in [2.05, 4.69) is 5.92 Å². The minimum atomic E-state index is 0.0722. The molecule has 0 unspecified atom stereocenters.